The molecule has 0 bridgehead atoms. The fourth-order valence-electron chi connectivity index (χ4n) is 3.19. The van der Waals surface area contributed by atoms with E-state index < -0.39 is 0 Å². The molecule has 0 amide bonds. The molecule has 2 rings (SSSR count). The lowest BCUT2D eigenvalue weighted by molar-refractivity contribution is 0.0488. The van der Waals surface area contributed by atoms with Crippen LogP contribution in [0.1, 0.15) is 37.7 Å². The second-order valence-corrected chi connectivity index (χ2v) is 6.06. The summed E-state index contributed by atoms with van der Waals surface area (Å²) in [5, 5.41) is 9.74. The highest BCUT2D eigenvalue weighted by Gasteiger charge is 2.32. The van der Waals surface area contributed by atoms with E-state index in [0.29, 0.717) is 6.61 Å². The highest BCUT2D eigenvalue weighted by Crippen LogP contribution is 2.36. The van der Waals surface area contributed by atoms with E-state index in [0.717, 1.165) is 19.5 Å². The summed E-state index contributed by atoms with van der Waals surface area (Å²) in [6, 6.07) is 4.16. The van der Waals surface area contributed by atoms with Gasteiger partial charge in [-0.15, -0.1) is 0 Å². The van der Waals surface area contributed by atoms with E-state index in [9.17, 15) is 5.11 Å². The largest absolute Gasteiger partial charge is 0.396 e. The van der Waals surface area contributed by atoms with Crippen LogP contribution in [0.3, 0.4) is 0 Å². The Bertz CT molecular complexity index is 360. The van der Waals surface area contributed by atoms with Gasteiger partial charge in [-0.1, -0.05) is 19.3 Å². The minimum atomic E-state index is 0.158. The van der Waals surface area contributed by atoms with Gasteiger partial charge in [-0.25, -0.2) is 0 Å². The molecule has 0 atom stereocenters. The molecule has 0 aromatic carbocycles. The number of hydrogen-bond acceptors (Lipinski definition) is 3. The highest BCUT2D eigenvalue weighted by molar-refractivity contribution is 5.09. The summed E-state index contributed by atoms with van der Waals surface area (Å²) in [5.74, 6) is 0. The zero-order chi connectivity index (χ0) is 13.6. The van der Waals surface area contributed by atoms with Gasteiger partial charge in [0, 0.05) is 37.5 Å². The van der Waals surface area contributed by atoms with Crippen molar-refractivity contribution in [2.24, 2.45) is 5.41 Å². The monoisotopic (exact) mass is 262 g/mol. The number of likely N-dealkylation sites (N-methyl/N-ethyl adjacent to an activating group) is 1. The number of pyridine rings is 1. The van der Waals surface area contributed by atoms with Crippen LogP contribution in [0.25, 0.3) is 0 Å². The summed E-state index contributed by atoms with van der Waals surface area (Å²) < 4.78 is 0. The van der Waals surface area contributed by atoms with Crippen molar-refractivity contribution in [3.8, 4) is 0 Å². The smallest absolute Gasteiger partial charge is 0.0499 e. The number of aliphatic hydroxyl groups excluding tert-OH is 1. The van der Waals surface area contributed by atoms with Crippen LogP contribution in [0.2, 0.25) is 0 Å². The summed E-state index contributed by atoms with van der Waals surface area (Å²) in [5.41, 5.74) is 1.49. The first-order valence-corrected chi connectivity index (χ1v) is 7.42. The molecule has 0 radical (unpaired) electrons. The van der Waals surface area contributed by atoms with Gasteiger partial charge in [0.2, 0.25) is 0 Å². The molecule has 1 aliphatic rings. The first-order chi connectivity index (χ1) is 9.24. The van der Waals surface area contributed by atoms with Crippen molar-refractivity contribution < 1.29 is 5.11 Å². The Labute approximate surface area is 116 Å². The first-order valence-electron chi connectivity index (χ1n) is 7.42. The Kier molecular flexibility index (Phi) is 5.34. The van der Waals surface area contributed by atoms with E-state index in [2.05, 4.69) is 29.1 Å². The fourth-order valence-corrected chi connectivity index (χ4v) is 3.19. The van der Waals surface area contributed by atoms with Gasteiger partial charge in [-0.05, 0) is 44.0 Å². The van der Waals surface area contributed by atoms with Crippen LogP contribution in [0, 0.1) is 5.41 Å². The Morgan fingerprint density at radius 2 is 1.89 bits per heavy atom. The molecule has 0 aliphatic heterocycles. The van der Waals surface area contributed by atoms with Crippen molar-refractivity contribution in [3.05, 3.63) is 30.1 Å². The molecule has 1 heterocycles. The van der Waals surface area contributed by atoms with Gasteiger partial charge in [0.15, 0.2) is 0 Å². The van der Waals surface area contributed by atoms with Crippen molar-refractivity contribution in [2.75, 3.05) is 26.7 Å². The van der Waals surface area contributed by atoms with Gasteiger partial charge >= 0.3 is 0 Å². The average molecular weight is 262 g/mol. The van der Waals surface area contributed by atoms with Crippen molar-refractivity contribution in [2.45, 2.75) is 38.5 Å². The Morgan fingerprint density at radius 1 is 1.21 bits per heavy atom. The molecule has 1 aliphatic carbocycles. The maximum atomic E-state index is 9.74. The summed E-state index contributed by atoms with van der Waals surface area (Å²) >= 11 is 0. The van der Waals surface area contributed by atoms with Crippen LogP contribution in [0.5, 0.6) is 0 Å². The van der Waals surface area contributed by atoms with Crippen molar-refractivity contribution >= 4 is 0 Å². The predicted octanol–water partition coefficient (Wildman–Crippen LogP) is 2.50. The minimum Gasteiger partial charge on any atom is -0.396 e. The van der Waals surface area contributed by atoms with Gasteiger partial charge in [-0.3, -0.25) is 4.98 Å². The molecule has 3 heteroatoms. The molecular formula is C16H26N2O. The number of aromatic nitrogens is 1. The number of rotatable bonds is 6. The first kappa shape index (κ1) is 14.5. The van der Waals surface area contributed by atoms with Crippen LogP contribution >= 0.6 is 0 Å². The summed E-state index contributed by atoms with van der Waals surface area (Å²) in [6.45, 7) is 2.41. The fraction of sp³-hybridized carbons (Fsp3) is 0.688. The third-order valence-corrected chi connectivity index (χ3v) is 4.39. The molecule has 0 unspecified atom stereocenters. The summed E-state index contributed by atoms with van der Waals surface area (Å²) in [6.07, 6.45) is 11.0. The third-order valence-electron chi connectivity index (χ3n) is 4.39. The molecule has 1 fully saturated rings. The van der Waals surface area contributed by atoms with E-state index in [1.807, 2.05) is 12.4 Å². The lowest BCUT2D eigenvalue weighted by atomic mass is 9.74. The normalized spacial score (nSPS) is 18.7. The van der Waals surface area contributed by atoms with Gasteiger partial charge in [0.25, 0.3) is 0 Å². The topological polar surface area (TPSA) is 36.4 Å². The van der Waals surface area contributed by atoms with E-state index in [1.54, 1.807) is 0 Å². The van der Waals surface area contributed by atoms with Gasteiger partial charge < -0.3 is 10.0 Å². The predicted molar refractivity (Wildman–Crippen MR) is 78.0 cm³/mol. The van der Waals surface area contributed by atoms with Gasteiger partial charge in [-0.2, -0.15) is 0 Å². The zero-order valence-corrected chi connectivity index (χ0v) is 12.0. The van der Waals surface area contributed by atoms with Crippen molar-refractivity contribution in [3.63, 3.8) is 0 Å². The van der Waals surface area contributed by atoms with E-state index in [1.165, 1.54) is 37.7 Å². The Morgan fingerprint density at radius 3 is 2.53 bits per heavy atom. The molecule has 19 heavy (non-hydrogen) atoms. The second-order valence-electron chi connectivity index (χ2n) is 6.06. The SMILES string of the molecule is CN(CCc1ccncc1)CC1(CO)CCCCC1. The Balaban J connectivity index is 1.81. The molecule has 1 aromatic rings. The molecule has 1 saturated carbocycles. The second kappa shape index (κ2) is 7.01. The lowest BCUT2D eigenvalue weighted by Crippen LogP contribution is -2.40. The van der Waals surface area contributed by atoms with Crippen LogP contribution < -0.4 is 0 Å². The summed E-state index contributed by atoms with van der Waals surface area (Å²) in [4.78, 5) is 6.42. The van der Waals surface area contributed by atoms with Gasteiger partial charge in [0.1, 0.15) is 0 Å². The third kappa shape index (κ3) is 4.29. The van der Waals surface area contributed by atoms with Crippen LogP contribution in [-0.2, 0) is 6.42 Å². The highest BCUT2D eigenvalue weighted by atomic mass is 16.3. The maximum Gasteiger partial charge on any atom is 0.0499 e. The molecule has 1 N–H and O–H groups in total. The Hall–Kier alpha value is -0.930. The molecule has 1 aromatic heterocycles. The van der Waals surface area contributed by atoms with Crippen LogP contribution in [0.15, 0.2) is 24.5 Å². The zero-order valence-electron chi connectivity index (χ0n) is 12.0. The van der Waals surface area contributed by atoms with E-state index in [-0.39, 0.29) is 5.41 Å². The summed E-state index contributed by atoms with van der Waals surface area (Å²) in [7, 11) is 2.17. The lowest BCUT2D eigenvalue weighted by Gasteiger charge is -2.38. The van der Waals surface area contributed by atoms with Crippen molar-refractivity contribution in [1.29, 1.82) is 0 Å². The van der Waals surface area contributed by atoms with Crippen LogP contribution in [-0.4, -0.2) is 41.7 Å². The van der Waals surface area contributed by atoms with Crippen molar-refractivity contribution in [1.82, 2.24) is 9.88 Å². The standard InChI is InChI=1S/C16H26N2O/c1-18(12-7-15-5-10-17-11-6-15)13-16(14-19)8-3-2-4-9-16/h5-6,10-11,19H,2-4,7-9,12-14H2,1H3. The number of nitrogens with zero attached hydrogens (tertiary/aromatic N) is 2. The maximum absolute atomic E-state index is 9.74. The average Bonchev–Trinajstić information content (AvgIpc) is 2.47. The molecule has 0 saturated heterocycles. The molecule has 0 spiro atoms. The molecule has 3 nitrogen and oxygen atoms in total. The van der Waals surface area contributed by atoms with Crippen LogP contribution in [0.4, 0.5) is 0 Å². The number of aliphatic hydroxyl groups is 1. The van der Waals surface area contributed by atoms with Gasteiger partial charge in [0.05, 0.1) is 0 Å². The number of hydrogen-bond donors (Lipinski definition) is 1. The quantitative estimate of drug-likeness (QED) is 0.855. The minimum absolute atomic E-state index is 0.158. The van der Waals surface area contributed by atoms with E-state index >= 15 is 0 Å². The van der Waals surface area contributed by atoms with E-state index in [4.69, 9.17) is 0 Å². The molecule has 106 valence electrons. The molecular weight excluding hydrogens is 236 g/mol.